The minimum atomic E-state index is -4.32. The summed E-state index contributed by atoms with van der Waals surface area (Å²) in [6, 6.07) is 12.3. The van der Waals surface area contributed by atoms with Crippen molar-refractivity contribution in [3.8, 4) is 11.1 Å². The largest absolute Gasteiger partial charge is 0.416 e. The second-order valence-electron chi connectivity index (χ2n) is 5.60. The van der Waals surface area contributed by atoms with Gasteiger partial charge in [0.2, 0.25) is 5.91 Å². The van der Waals surface area contributed by atoms with Gasteiger partial charge in [0.25, 0.3) is 0 Å². The zero-order valence-corrected chi connectivity index (χ0v) is 13.2. The average molecular weight is 336 g/mol. The van der Waals surface area contributed by atoms with E-state index in [0.717, 1.165) is 35.2 Å². The van der Waals surface area contributed by atoms with Gasteiger partial charge in [-0.2, -0.15) is 13.2 Å². The van der Waals surface area contributed by atoms with Crippen LogP contribution in [0.5, 0.6) is 0 Å². The molecule has 0 aliphatic heterocycles. The van der Waals surface area contributed by atoms with Gasteiger partial charge >= 0.3 is 6.18 Å². The molecule has 3 nitrogen and oxygen atoms in total. The lowest BCUT2D eigenvalue weighted by atomic mass is 10.0. The van der Waals surface area contributed by atoms with Crippen molar-refractivity contribution in [3.63, 3.8) is 0 Å². The molecule has 0 spiro atoms. The summed E-state index contributed by atoms with van der Waals surface area (Å²) in [5.41, 5.74) is 7.16. The molecule has 0 bridgehead atoms. The highest BCUT2D eigenvalue weighted by Crippen LogP contribution is 2.31. The van der Waals surface area contributed by atoms with Gasteiger partial charge in [-0.25, -0.2) is 0 Å². The minimum absolute atomic E-state index is 0.378. The summed E-state index contributed by atoms with van der Waals surface area (Å²) in [6.07, 6.45) is -3.59. The van der Waals surface area contributed by atoms with E-state index >= 15 is 0 Å². The molecule has 2 aromatic rings. The first-order chi connectivity index (χ1) is 11.3. The van der Waals surface area contributed by atoms with Crippen LogP contribution in [0.2, 0.25) is 0 Å². The van der Waals surface area contributed by atoms with Gasteiger partial charge < -0.3 is 11.1 Å². The number of alkyl halides is 3. The second-order valence-corrected chi connectivity index (χ2v) is 5.60. The fraction of sp³-hybridized carbons (Fsp3) is 0.278. The van der Waals surface area contributed by atoms with Crippen molar-refractivity contribution in [1.29, 1.82) is 0 Å². The van der Waals surface area contributed by atoms with Crippen molar-refractivity contribution >= 4 is 5.91 Å². The van der Waals surface area contributed by atoms with Gasteiger partial charge in [0.15, 0.2) is 0 Å². The van der Waals surface area contributed by atoms with E-state index < -0.39 is 17.6 Å². The third-order valence-electron chi connectivity index (χ3n) is 3.79. The molecule has 2 aromatic carbocycles. The van der Waals surface area contributed by atoms with Gasteiger partial charge in [0, 0.05) is 0 Å². The van der Waals surface area contributed by atoms with Crippen LogP contribution in [0, 0.1) is 0 Å². The number of hydrogen-bond acceptors (Lipinski definition) is 2. The van der Waals surface area contributed by atoms with Gasteiger partial charge in [-0.1, -0.05) is 36.4 Å². The molecule has 0 aromatic heterocycles. The smallest absolute Gasteiger partial charge is 0.368 e. The fourth-order valence-corrected chi connectivity index (χ4v) is 2.25. The monoisotopic (exact) mass is 336 g/mol. The summed E-state index contributed by atoms with van der Waals surface area (Å²) in [5.74, 6) is -0.396. The lowest BCUT2D eigenvalue weighted by Crippen LogP contribution is -2.39. The Labute approximate surface area is 138 Å². The predicted octanol–water partition coefficient (Wildman–Crippen LogP) is 3.38. The normalized spacial score (nSPS) is 12.8. The molecule has 1 amide bonds. The number of nitrogens with one attached hydrogen (secondary N) is 1. The van der Waals surface area contributed by atoms with Crippen LogP contribution >= 0.6 is 0 Å². The highest BCUT2D eigenvalue weighted by atomic mass is 19.4. The molecule has 2 rings (SSSR count). The first-order valence-electron chi connectivity index (χ1n) is 7.56. The van der Waals surface area contributed by atoms with E-state index in [0.29, 0.717) is 6.54 Å². The molecular formula is C18H19F3N2O. The number of halogens is 3. The molecule has 0 fully saturated rings. The molecule has 0 heterocycles. The van der Waals surface area contributed by atoms with E-state index in [4.69, 9.17) is 5.73 Å². The molecule has 24 heavy (non-hydrogen) atoms. The van der Waals surface area contributed by atoms with Crippen LogP contribution in [0.15, 0.2) is 48.5 Å². The molecule has 128 valence electrons. The average Bonchev–Trinajstić information content (AvgIpc) is 2.54. The van der Waals surface area contributed by atoms with Crippen molar-refractivity contribution in [2.75, 3.05) is 6.54 Å². The van der Waals surface area contributed by atoms with Crippen LogP contribution in [0.25, 0.3) is 11.1 Å². The molecule has 6 heteroatoms. The van der Waals surface area contributed by atoms with E-state index in [1.54, 1.807) is 6.92 Å². The first-order valence-corrected chi connectivity index (χ1v) is 7.56. The van der Waals surface area contributed by atoms with Gasteiger partial charge in [-0.15, -0.1) is 0 Å². The molecule has 1 atom stereocenters. The van der Waals surface area contributed by atoms with Crippen molar-refractivity contribution in [2.45, 2.75) is 25.6 Å². The van der Waals surface area contributed by atoms with Gasteiger partial charge in [0.1, 0.15) is 0 Å². The van der Waals surface area contributed by atoms with Crippen LogP contribution in [-0.2, 0) is 17.4 Å². The number of carbonyl (C=O) groups is 1. The van der Waals surface area contributed by atoms with Crippen molar-refractivity contribution in [3.05, 3.63) is 59.7 Å². The van der Waals surface area contributed by atoms with Gasteiger partial charge in [-0.3, -0.25) is 4.79 Å². The lowest BCUT2D eigenvalue weighted by Gasteiger charge is -2.10. The molecule has 0 radical (unpaired) electrons. The van der Waals surface area contributed by atoms with E-state index in [9.17, 15) is 18.0 Å². The van der Waals surface area contributed by atoms with Gasteiger partial charge in [0.05, 0.1) is 11.6 Å². The Morgan fingerprint density at radius 2 is 1.54 bits per heavy atom. The maximum absolute atomic E-state index is 12.6. The Morgan fingerprint density at radius 1 is 1.04 bits per heavy atom. The zero-order valence-electron chi connectivity index (χ0n) is 13.2. The number of carbonyl (C=O) groups excluding carboxylic acids is 1. The molecule has 0 saturated carbocycles. The number of nitrogens with two attached hydrogens (primary N) is 1. The topological polar surface area (TPSA) is 55.1 Å². The van der Waals surface area contributed by atoms with Crippen LogP contribution in [0.4, 0.5) is 13.2 Å². The van der Waals surface area contributed by atoms with Crippen molar-refractivity contribution in [1.82, 2.24) is 5.32 Å². The number of primary amides is 1. The van der Waals surface area contributed by atoms with Crippen LogP contribution in [-0.4, -0.2) is 18.5 Å². The third kappa shape index (κ3) is 4.83. The van der Waals surface area contributed by atoms with Crippen LogP contribution in [0.1, 0.15) is 18.1 Å². The van der Waals surface area contributed by atoms with Crippen molar-refractivity contribution < 1.29 is 18.0 Å². The Hall–Kier alpha value is -2.34. The number of hydrogen-bond donors (Lipinski definition) is 2. The number of rotatable bonds is 6. The lowest BCUT2D eigenvalue weighted by molar-refractivity contribution is -0.137. The van der Waals surface area contributed by atoms with Crippen molar-refractivity contribution in [2.24, 2.45) is 5.73 Å². The van der Waals surface area contributed by atoms with E-state index in [1.165, 1.54) is 12.1 Å². The van der Waals surface area contributed by atoms with E-state index in [1.807, 2.05) is 24.3 Å². The fourth-order valence-electron chi connectivity index (χ4n) is 2.25. The molecule has 1 unspecified atom stereocenters. The Morgan fingerprint density at radius 3 is 2.00 bits per heavy atom. The molecule has 0 aliphatic carbocycles. The SMILES string of the molecule is CC(NCCc1ccc(-c2ccc(C(F)(F)F)cc2)cc1)C(N)=O. The van der Waals surface area contributed by atoms with E-state index in [-0.39, 0.29) is 6.04 Å². The molecule has 0 saturated heterocycles. The number of benzene rings is 2. The quantitative estimate of drug-likeness (QED) is 0.850. The minimum Gasteiger partial charge on any atom is -0.368 e. The summed E-state index contributed by atoms with van der Waals surface area (Å²) in [4.78, 5) is 10.9. The Balaban J connectivity index is 1.98. The highest BCUT2D eigenvalue weighted by molar-refractivity contribution is 5.79. The van der Waals surface area contributed by atoms with Crippen LogP contribution in [0.3, 0.4) is 0 Å². The van der Waals surface area contributed by atoms with Crippen LogP contribution < -0.4 is 11.1 Å². The molecule has 0 aliphatic rings. The zero-order chi connectivity index (χ0) is 17.7. The summed E-state index contributed by atoms with van der Waals surface area (Å²) in [7, 11) is 0. The molecular weight excluding hydrogens is 317 g/mol. The first kappa shape index (κ1) is 18.0. The third-order valence-corrected chi connectivity index (χ3v) is 3.79. The summed E-state index contributed by atoms with van der Waals surface area (Å²) < 4.78 is 37.7. The van der Waals surface area contributed by atoms with E-state index in [2.05, 4.69) is 5.32 Å². The second kappa shape index (κ2) is 7.49. The predicted molar refractivity (Wildman–Crippen MR) is 87.2 cm³/mol. The molecule has 3 N–H and O–H groups in total. The highest BCUT2D eigenvalue weighted by Gasteiger charge is 2.29. The summed E-state index contributed by atoms with van der Waals surface area (Å²) >= 11 is 0. The summed E-state index contributed by atoms with van der Waals surface area (Å²) in [5, 5.41) is 3.02. The Bertz CT molecular complexity index is 679. The standard InChI is InChI=1S/C18H19F3N2O/c1-12(17(22)24)23-11-10-13-2-4-14(5-3-13)15-6-8-16(9-7-15)18(19,20)21/h2-9,12,23H,10-11H2,1H3,(H2,22,24). The maximum atomic E-state index is 12.6. The Kier molecular flexibility index (Phi) is 5.62. The number of amides is 1. The summed E-state index contributed by atoms with van der Waals surface area (Å²) in [6.45, 7) is 2.32. The van der Waals surface area contributed by atoms with Gasteiger partial charge in [-0.05, 0) is 48.7 Å². The maximum Gasteiger partial charge on any atom is 0.416 e.